The molecular formula is C21H19NO2. The fraction of sp³-hybridized carbons (Fsp3) is 0.190. The second-order valence-corrected chi connectivity index (χ2v) is 6.53. The first-order valence-electron chi connectivity index (χ1n) is 8.19. The molecule has 2 unspecified atom stereocenters. The molecule has 0 aromatic heterocycles. The minimum atomic E-state index is -0.394. The molecule has 3 aromatic carbocycles. The van der Waals surface area contributed by atoms with Crippen molar-refractivity contribution in [1.29, 1.82) is 0 Å². The molecule has 4 rings (SSSR count). The van der Waals surface area contributed by atoms with Gasteiger partial charge in [-0.1, -0.05) is 48.5 Å². The third-order valence-electron chi connectivity index (χ3n) is 4.96. The smallest absolute Gasteiger partial charge is 0.248 e. The number of hydrogen-bond donors (Lipinski definition) is 2. The van der Waals surface area contributed by atoms with Crippen molar-refractivity contribution in [3.8, 4) is 0 Å². The number of benzene rings is 3. The van der Waals surface area contributed by atoms with E-state index in [9.17, 15) is 4.79 Å². The fourth-order valence-corrected chi connectivity index (χ4v) is 3.45. The van der Waals surface area contributed by atoms with Gasteiger partial charge >= 0.3 is 0 Å². The first-order valence-corrected chi connectivity index (χ1v) is 8.19. The quantitative estimate of drug-likeness (QED) is 0.770. The summed E-state index contributed by atoms with van der Waals surface area (Å²) in [6, 6.07) is 20.3. The third-order valence-corrected chi connectivity index (χ3v) is 4.96. The van der Waals surface area contributed by atoms with Gasteiger partial charge in [-0.05, 0) is 57.9 Å². The lowest BCUT2D eigenvalue weighted by Gasteiger charge is -2.06. The molecule has 0 saturated heterocycles. The van der Waals surface area contributed by atoms with Crippen LogP contribution in [0.2, 0.25) is 0 Å². The normalized spacial score (nSPS) is 19.4. The highest BCUT2D eigenvalue weighted by Gasteiger charge is 2.39. The largest absolute Gasteiger partial charge is 0.392 e. The maximum atomic E-state index is 11.3. The second-order valence-electron chi connectivity index (χ2n) is 6.53. The van der Waals surface area contributed by atoms with Crippen molar-refractivity contribution in [2.24, 2.45) is 5.73 Å². The van der Waals surface area contributed by atoms with Crippen LogP contribution in [0.15, 0.2) is 60.7 Å². The van der Waals surface area contributed by atoms with Gasteiger partial charge in [0, 0.05) is 5.56 Å². The number of hydrogen-bond acceptors (Lipinski definition) is 2. The van der Waals surface area contributed by atoms with Gasteiger partial charge in [-0.15, -0.1) is 0 Å². The monoisotopic (exact) mass is 317 g/mol. The zero-order valence-electron chi connectivity index (χ0n) is 13.3. The molecule has 3 N–H and O–H groups in total. The van der Waals surface area contributed by atoms with Crippen molar-refractivity contribution in [1.82, 2.24) is 0 Å². The number of carbonyl (C=O) groups excluding carboxylic acids is 1. The predicted molar refractivity (Wildman–Crippen MR) is 94.9 cm³/mol. The Balaban J connectivity index is 1.58. The standard InChI is InChI=1S/C21H19NO2/c22-21(24)18-8-6-15-9-17(7-5-16(15)10-18)20-11-19(20)14-3-1-13(12-23)2-4-14/h1-10,19-20,23H,11-12H2,(H2,22,24). The Morgan fingerprint density at radius 2 is 1.54 bits per heavy atom. The Labute approximate surface area is 140 Å². The first-order chi connectivity index (χ1) is 11.7. The summed E-state index contributed by atoms with van der Waals surface area (Å²) in [5.74, 6) is 0.708. The number of aliphatic hydroxyl groups is 1. The van der Waals surface area contributed by atoms with Crippen LogP contribution in [-0.2, 0) is 6.61 Å². The van der Waals surface area contributed by atoms with Crippen molar-refractivity contribution < 1.29 is 9.90 Å². The third kappa shape index (κ3) is 2.68. The van der Waals surface area contributed by atoms with Crippen LogP contribution in [0.4, 0.5) is 0 Å². The van der Waals surface area contributed by atoms with Crippen LogP contribution in [0.1, 0.15) is 45.3 Å². The van der Waals surface area contributed by atoms with Gasteiger partial charge in [0.05, 0.1) is 6.61 Å². The summed E-state index contributed by atoms with van der Waals surface area (Å²) in [5.41, 5.74) is 9.51. The Morgan fingerprint density at radius 1 is 0.917 bits per heavy atom. The van der Waals surface area contributed by atoms with Gasteiger partial charge in [0.25, 0.3) is 0 Å². The summed E-state index contributed by atoms with van der Waals surface area (Å²) >= 11 is 0. The van der Waals surface area contributed by atoms with Gasteiger partial charge in [-0.25, -0.2) is 0 Å². The Kier molecular flexibility index (Phi) is 3.58. The van der Waals surface area contributed by atoms with Crippen molar-refractivity contribution >= 4 is 16.7 Å². The van der Waals surface area contributed by atoms with E-state index in [-0.39, 0.29) is 6.61 Å². The van der Waals surface area contributed by atoms with E-state index < -0.39 is 5.91 Å². The van der Waals surface area contributed by atoms with Crippen LogP contribution in [0, 0.1) is 0 Å². The van der Waals surface area contributed by atoms with Crippen molar-refractivity contribution in [2.45, 2.75) is 24.9 Å². The molecule has 3 nitrogen and oxygen atoms in total. The Bertz CT molecular complexity index is 915. The van der Waals surface area contributed by atoms with E-state index in [2.05, 4.69) is 30.3 Å². The highest BCUT2D eigenvalue weighted by Crippen LogP contribution is 2.54. The van der Waals surface area contributed by atoms with Gasteiger partial charge in [0.1, 0.15) is 0 Å². The molecule has 0 spiro atoms. The van der Waals surface area contributed by atoms with Gasteiger partial charge in [0.15, 0.2) is 0 Å². The number of rotatable bonds is 4. The Morgan fingerprint density at radius 3 is 2.25 bits per heavy atom. The maximum Gasteiger partial charge on any atom is 0.248 e. The summed E-state index contributed by atoms with van der Waals surface area (Å²) in [6.45, 7) is 0.0896. The highest BCUT2D eigenvalue weighted by atomic mass is 16.3. The van der Waals surface area contributed by atoms with Crippen LogP contribution in [0.3, 0.4) is 0 Å². The van der Waals surface area contributed by atoms with E-state index in [0.717, 1.165) is 22.8 Å². The molecule has 1 aliphatic carbocycles. The second kappa shape index (κ2) is 5.77. The number of carbonyl (C=O) groups is 1. The topological polar surface area (TPSA) is 63.3 Å². The first kappa shape index (κ1) is 14.9. The van der Waals surface area contributed by atoms with Crippen LogP contribution in [0.25, 0.3) is 10.8 Å². The maximum absolute atomic E-state index is 11.3. The predicted octanol–water partition coefficient (Wildman–Crippen LogP) is 3.70. The van der Waals surface area contributed by atoms with E-state index in [1.165, 1.54) is 11.1 Å². The lowest BCUT2D eigenvalue weighted by Crippen LogP contribution is -2.10. The average molecular weight is 317 g/mol. The van der Waals surface area contributed by atoms with Gasteiger partial charge in [-0.2, -0.15) is 0 Å². The molecule has 0 heterocycles. The van der Waals surface area contributed by atoms with E-state index in [1.807, 2.05) is 24.3 Å². The molecule has 120 valence electrons. The summed E-state index contributed by atoms with van der Waals surface area (Å²) in [7, 11) is 0. The molecule has 0 radical (unpaired) electrons. The van der Waals surface area contributed by atoms with E-state index in [0.29, 0.717) is 17.4 Å². The molecular weight excluding hydrogens is 298 g/mol. The molecule has 3 heteroatoms. The molecule has 0 aliphatic heterocycles. The Hall–Kier alpha value is -2.65. The average Bonchev–Trinajstić information content (AvgIpc) is 3.41. The van der Waals surface area contributed by atoms with Crippen molar-refractivity contribution in [2.75, 3.05) is 0 Å². The molecule has 1 saturated carbocycles. The van der Waals surface area contributed by atoms with E-state index >= 15 is 0 Å². The molecule has 1 amide bonds. The van der Waals surface area contributed by atoms with E-state index in [1.54, 1.807) is 6.07 Å². The number of fused-ring (bicyclic) bond motifs is 1. The number of primary amides is 1. The van der Waals surface area contributed by atoms with Gasteiger partial charge in [0.2, 0.25) is 5.91 Å². The summed E-state index contributed by atoms with van der Waals surface area (Å²) in [5, 5.41) is 11.3. The van der Waals surface area contributed by atoms with Gasteiger partial charge < -0.3 is 10.8 Å². The van der Waals surface area contributed by atoms with Gasteiger partial charge in [-0.3, -0.25) is 4.79 Å². The molecule has 0 bridgehead atoms. The summed E-state index contributed by atoms with van der Waals surface area (Å²) in [6.07, 6.45) is 1.16. The molecule has 24 heavy (non-hydrogen) atoms. The molecule has 1 aliphatic rings. The minimum Gasteiger partial charge on any atom is -0.392 e. The highest BCUT2D eigenvalue weighted by molar-refractivity contribution is 5.97. The van der Waals surface area contributed by atoms with Crippen LogP contribution >= 0.6 is 0 Å². The SMILES string of the molecule is NC(=O)c1ccc2cc(C3CC3c3ccc(CO)cc3)ccc2c1. The molecule has 3 aromatic rings. The minimum absolute atomic E-state index is 0.0896. The van der Waals surface area contributed by atoms with Crippen LogP contribution in [-0.4, -0.2) is 11.0 Å². The summed E-state index contributed by atoms with van der Waals surface area (Å²) in [4.78, 5) is 11.3. The fourth-order valence-electron chi connectivity index (χ4n) is 3.45. The van der Waals surface area contributed by atoms with Crippen LogP contribution in [0.5, 0.6) is 0 Å². The lowest BCUT2D eigenvalue weighted by molar-refractivity contribution is 0.100. The summed E-state index contributed by atoms with van der Waals surface area (Å²) < 4.78 is 0. The van der Waals surface area contributed by atoms with E-state index in [4.69, 9.17) is 10.8 Å². The zero-order chi connectivity index (χ0) is 16.7. The molecule has 1 fully saturated rings. The van der Waals surface area contributed by atoms with Crippen molar-refractivity contribution in [3.63, 3.8) is 0 Å². The zero-order valence-corrected chi connectivity index (χ0v) is 13.3. The number of aliphatic hydroxyl groups excluding tert-OH is 1. The number of amides is 1. The van der Waals surface area contributed by atoms with Crippen molar-refractivity contribution in [3.05, 3.63) is 82.9 Å². The number of nitrogens with two attached hydrogens (primary N) is 1. The lowest BCUT2D eigenvalue weighted by atomic mass is 9.99. The molecule has 2 atom stereocenters. The van der Waals surface area contributed by atoms with Crippen LogP contribution < -0.4 is 5.73 Å².